The standard InChI is InChI=1S/C17H25ClN2O2/c1-4-17(21)20-8-7-15(12(2)11-20)19-10-13-5-6-16(22-3)14(18)9-13/h5-6,9,12,15,19H,4,7-8,10-11H2,1-3H3. The predicted molar refractivity (Wildman–Crippen MR) is 89.3 cm³/mol. The lowest BCUT2D eigenvalue weighted by atomic mass is 9.93. The predicted octanol–water partition coefficient (Wildman–Crippen LogP) is 3.09. The summed E-state index contributed by atoms with van der Waals surface area (Å²) in [6.45, 7) is 6.59. The van der Waals surface area contributed by atoms with Crippen molar-refractivity contribution in [2.24, 2.45) is 5.92 Å². The van der Waals surface area contributed by atoms with Crippen molar-refractivity contribution in [3.63, 3.8) is 0 Å². The summed E-state index contributed by atoms with van der Waals surface area (Å²) < 4.78 is 5.17. The van der Waals surface area contributed by atoms with Gasteiger partial charge in [0.15, 0.2) is 0 Å². The third-order valence-corrected chi connectivity index (χ3v) is 4.64. The summed E-state index contributed by atoms with van der Waals surface area (Å²) in [5.74, 6) is 1.41. The summed E-state index contributed by atoms with van der Waals surface area (Å²) in [4.78, 5) is 13.8. The van der Waals surface area contributed by atoms with Crippen molar-refractivity contribution >= 4 is 17.5 Å². The molecule has 0 spiro atoms. The molecule has 2 atom stereocenters. The summed E-state index contributed by atoms with van der Waals surface area (Å²) >= 11 is 6.15. The van der Waals surface area contributed by atoms with E-state index in [2.05, 4.69) is 12.2 Å². The molecule has 1 amide bonds. The van der Waals surface area contributed by atoms with E-state index in [1.807, 2.05) is 30.0 Å². The molecule has 4 nitrogen and oxygen atoms in total. The Morgan fingerprint density at radius 3 is 2.86 bits per heavy atom. The molecule has 1 N–H and O–H groups in total. The van der Waals surface area contributed by atoms with Gasteiger partial charge in [0.25, 0.3) is 0 Å². The number of rotatable bonds is 5. The fourth-order valence-electron chi connectivity index (χ4n) is 2.97. The molecule has 1 saturated heterocycles. The van der Waals surface area contributed by atoms with E-state index >= 15 is 0 Å². The van der Waals surface area contributed by atoms with Crippen molar-refractivity contribution in [1.82, 2.24) is 10.2 Å². The van der Waals surface area contributed by atoms with Crippen molar-refractivity contribution in [1.29, 1.82) is 0 Å². The highest BCUT2D eigenvalue weighted by Gasteiger charge is 2.27. The topological polar surface area (TPSA) is 41.6 Å². The molecule has 1 fully saturated rings. The maximum absolute atomic E-state index is 11.8. The lowest BCUT2D eigenvalue weighted by Gasteiger charge is -2.37. The Kier molecular flexibility index (Phi) is 6.09. The monoisotopic (exact) mass is 324 g/mol. The van der Waals surface area contributed by atoms with Gasteiger partial charge >= 0.3 is 0 Å². The van der Waals surface area contributed by atoms with Crippen molar-refractivity contribution in [3.05, 3.63) is 28.8 Å². The summed E-state index contributed by atoms with van der Waals surface area (Å²) in [6.07, 6.45) is 1.59. The highest BCUT2D eigenvalue weighted by molar-refractivity contribution is 6.32. The Balaban J connectivity index is 1.87. The van der Waals surface area contributed by atoms with Crippen molar-refractivity contribution < 1.29 is 9.53 Å². The van der Waals surface area contributed by atoms with Crippen LogP contribution in [0.3, 0.4) is 0 Å². The molecule has 1 heterocycles. The van der Waals surface area contributed by atoms with E-state index in [4.69, 9.17) is 16.3 Å². The van der Waals surface area contributed by atoms with Crippen LogP contribution in [0.5, 0.6) is 5.75 Å². The van der Waals surface area contributed by atoms with E-state index in [0.29, 0.717) is 29.2 Å². The molecule has 0 radical (unpaired) electrons. The molecule has 122 valence electrons. The van der Waals surface area contributed by atoms with Gasteiger partial charge in [-0.15, -0.1) is 0 Å². The Morgan fingerprint density at radius 2 is 2.27 bits per heavy atom. The Morgan fingerprint density at radius 1 is 1.50 bits per heavy atom. The molecule has 1 aliphatic heterocycles. The quantitative estimate of drug-likeness (QED) is 0.905. The Hall–Kier alpha value is -1.26. The average molecular weight is 325 g/mol. The first-order chi connectivity index (χ1) is 10.5. The summed E-state index contributed by atoms with van der Waals surface area (Å²) in [7, 11) is 1.62. The minimum Gasteiger partial charge on any atom is -0.495 e. The van der Waals surface area contributed by atoms with Crippen LogP contribution in [-0.4, -0.2) is 37.0 Å². The van der Waals surface area contributed by atoms with E-state index in [1.165, 1.54) is 0 Å². The summed E-state index contributed by atoms with van der Waals surface area (Å²) in [6, 6.07) is 6.29. The molecule has 22 heavy (non-hydrogen) atoms. The van der Waals surface area contributed by atoms with Crippen LogP contribution in [0.1, 0.15) is 32.3 Å². The Labute approximate surface area is 137 Å². The zero-order valence-corrected chi connectivity index (χ0v) is 14.3. The number of nitrogens with one attached hydrogen (secondary N) is 1. The first kappa shape index (κ1) is 17.1. The van der Waals surface area contributed by atoms with Crippen molar-refractivity contribution in [2.45, 2.75) is 39.3 Å². The van der Waals surface area contributed by atoms with Gasteiger partial charge in [-0.1, -0.05) is 31.5 Å². The summed E-state index contributed by atoms with van der Waals surface area (Å²) in [5.41, 5.74) is 1.14. The number of ether oxygens (including phenoxy) is 1. The van der Waals surface area contributed by atoms with Crippen LogP contribution in [0.2, 0.25) is 5.02 Å². The fraction of sp³-hybridized carbons (Fsp3) is 0.588. The molecule has 0 aromatic heterocycles. The first-order valence-electron chi connectivity index (χ1n) is 7.88. The maximum atomic E-state index is 11.8. The van der Waals surface area contributed by atoms with Gasteiger partial charge in [-0.2, -0.15) is 0 Å². The van der Waals surface area contributed by atoms with Crippen LogP contribution in [-0.2, 0) is 11.3 Å². The Bertz CT molecular complexity index is 521. The number of piperidine rings is 1. The minimum atomic E-state index is 0.257. The molecule has 2 unspecified atom stereocenters. The third kappa shape index (κ3) is 4.14. The second kappa shape index (κ2) is 7.84. The molecule has 0 saturated carbocycles. The molecule has 1 aliphatic rings. The number of benzene rings is 1. The van der Waals surface area contributed by atoms with E-state index in [1.54, 1.807) is 7.11 Å². The number of nitrogens with zero attached hydrogens (tertiary/aromatic N) is 1. The van der Waals surface area contributed by atoms with Crippen LogP contribution in [0.4, 0.5) is 0 Å². The minimum absolute atomic E-state index is 0.257. The largest absolute Gasteiger partial charge is 0.495 e. The lowest BCUT2D eigenvalue weighted by Crippen LogP contribution is -2.49. The number of hydrogen-bond donors (Lipinski definition) is 1. The SMILES string of the molecule is CCC(=O)N1CCC(NCc2ccc(OC)c(Cl)c2)C(C)C1. The van der Waals surface area contributed by atoms with Crippen LogP contribution in [0, 0.1) is 5.92 Å². The highest BCUT2D eigenvalue weighted by atomic mass is 35.5. The molecule has 2 rings (SSSR count). The average Bonchev–Trinajstić information content (AvgIpc) is 2.53. The van der Waals surface area contributed by atoms with Crippen molar-refractivity contribution in [2.75, 3.05) is 20.2 Å². The zero-order valence-electron chi connectivity index (χ0n) is 13.6. The van der Waals surface area contributed by atoms with Crippen LogP contribution >= 0.6 is 11.6 Å². The van der Waals surface area contributed by atoms with Gasteiger partial charge in [0.05, 0.1) is 12.1 Å². The van der Waals surface area contributed by atoms with Crippen LogP contribution < -0.4 is 10.1 Å². The van der Waals surface area contributed by atoms with Gasteiger partial charge in [0, 0.05) is 32.1 Å². The lowest BCUT2D eigenvalue weighted by molar-refractivity contribution is -0.132. The second-order valence-corrected chi connectivity index (χ2v) is 6.32. The normalized spacial score (nSPS) is 21.7. The first-order valence-corrected chi connectivity index (χ1v) is 8.26. The van der Waals surface area contributed by atoms with Gasteiger partial charge in [-0.05, 0) is 30.0 Å². The molecule has 0 bridgehead atoms. The van der Waals surface area contributed by atoms with Gasteiger partial charge in [0.1, 0.15) is 5.75 Å². The van der Waals surface area contributed by atoms with E-state index in [-0.39, 0.29) is 5.91 Å². The number of hydrogen-bond acceptors (Lipinski definition) is 3. The second-order valence-electron chi connectivity index (χ2n) is 5.92. The smallest absolute Gasteiger partial charge is 0.222 e. The number of methoxy groups -OCH3 is 1. The number of halogens is 1. The molecule has 5 heteroatoms. The number of amides is 1. The van der Waals surface area contributed by atoms with Gasteiger partial charge in [-0.25, -0.2) is 0 Å². The van der Waals surface area contributed by atoms with Gasteiger partial charge < -0.3 is 15.0 Å². The number of carbonyl (C=O) groups excluding carboxylic acids is 1. The zero-order chi connectivity index (χ0) is 16.1. The molecule has 1 aromatic carbocycles. The molecule has 1 aromatic rings. The van der Waals surface area contributed by atoms with E-state index in [0.717, 1.165) is 31.6 Å². The van der Waals surface area contributed by atoms with Crippen LogP contribution in [0.25, 0.3) is 0 Å². The van der Waals surface area contributed by atoms with E-state index in [9.17, 15) is 4.79 Å². The summed E-state index contributed by atoms with van der Waals surface area (Å²) in [5, 5.41) is 4.23. The molecular weight excluding hydrogens is 300 g/mol. The molecule has 0 aliphatic carbocycles. The highest BCUT2D eigenvalue weighted by Crippen LogP contribution is 2.25. The third-order valence-electron chi connectivity index (χ3n) is 4.35. The van der Waals surface area contributed by atoms with E-state index < -0.39 is 0 Å². The number of carbonyl (C=O) groups is 1. The number of likely N-dealkylation sites (tertiary alicyclic amines) is 1. The molecular formula is C17H25ClN2O2. The van der Waals surface area contributed by atoms with Gasteiger partial charge in [0.2, 0.25) is 5.91 Å². The van der Waals surface area contributed by atoms with Gasteiger partial charge in [-0.3, -0.25) is 4.79 Å². The van der Waals surface area contributed by atoms with Crippen LogP contribution in [0.15, 0.2) is 18.2 Å². The van der Waals surface area contributed by atoms with Crippen molar-refractivity contribution in [3.8, 4) is 5.75 Å². The fourth-order valence-corrected chi connectivity index (χ4v) is 3.25. The maximum Gasteiger partial charge on any atom is 0.222 e.